The molecule has 0 amide bonds. The van der Waals surface area contributed by atoms with E-state index in [1.165, 1.54) is 22.3 Å². The normalized spacial score (nSPS) is 17.4. The number of benzene rings is 3. The van der Waals surface area contributed by atoms with E-state index in [1.807, 2.05) is 12.1 Å². The van der Waals surface area contributed by atoms with E-state index in [4.69, 9.17) is 0 Å². The summed E-state index contributed by atoms with van der Waals surface area (Å²) in [5, 5.41) is 10.3. The molecule has 0 spiro atoms. The second kappa shape index (κ2) is 8.76. The van der Waals surface area contributed by atoms with Crippen LogP contribution < -0.4 is 0 Å². The average Bonchev–Trinajstić information content (AvgIpc) is 2.90. The Morgan fingerprint density at radius 2 is 1.71 bits per heavy atom. The summed E-state index contributed by atoms with van der Waals surface area (Å²) < 4.78 is 0.774. The summed E-state index contributed by atoms with van der Waals surface area (Å²) in [6.07, 6.45) is 5.43. The molecule has 28 heavy (non-hydrogen) atoms. The quantitative estimate of drug-likeness (QED) is 0.556. The van der Waals surface area contributed by atoms with Gasteiger partial charge in [0.25, 0.3) is 0 Å². The summed E-state index contributed by atoms with van der Waals surface area (Å²) in [5.41, 5.74) is 5.08. The highest BCUT2D eigenvalue weighted by molar-refractivity contribution is 9.10. The van der Waals surface area contributed by atoms with Gasteiger partial charge in [-0.15, -0.1) is 0 Å². The number of phenols is 1. The van der Waals surface area contributed by atoms with Gasteiger partial charge < -0.3 is 5.11 Å². The first-order chi connectivity index (χ1) is 13.7. The van der Waals surface area contributed by atoms with Crippen molar-refractivity contribution in [2.45, 2.75) is 12.3 Å². The molecule has 1 aliphatic rings. The van der Waals surface area contributed by atoms with E-state index in [-0.39, 0.29) is 5.92 Å². The molecule has 142 valence electrons. The molecule has 4 rings (SSSR count). The molecule has 1 N–H and O–H groups in total. The number of fused-ring (bicyclic) bond motifs is 1. The number of aromatic hydroxyl groups is 1. The van der Waals surface area contributed by atoms with Gasteiger partial charge in [0.2, 0.25) is 0 Å². The van der Waals surface area contributed by atoms with Gasteiger partial charge in [-0.25, -0.2) is 0 Å². The lowest BCUT2D eigenvalue weighted by atomic mass is 9.88. The summed E-state index contributed by atoms with van der Waals surface area (Å²) in [4.78, 5) is 2.50. The molecule has 0 aromatic heterocycles. The zero-order valence-electron chi connectivity index (χ0n) is 15.8. The predicted octanol–water partition coefficient (Wildman–Crippen LogP) is 5.86. The number of hydrogen-bond donors (Lipinski definition) is 1. The minimum atomic E-state index is 0.253. The van der Waals surface area contributed by atoms with Gasteiger partial charge in [0.1, 0.15) is 5.75 Å². The Balaban J connectivity index is 1.60. The van der Waals surface area contributed by atoms with Crippen LogP contribution in [0.3, 0.4) is 0 Å². The molecule has 3 aromatic carbocycles. The Kier molecular flexibility index (Phi) is 5.94. The van der Waals surface area contributed by atoms with Crippen LogP contribution in [-0.2, 0) is 6.42 Å². The smallest absolute Gasteiger partial charge is 0.130 e. The third-order valence-corrected chi connectivity index (χ3v) is 6.03. The number of rotatable bonds is 4. The van der Waals surface area contributed by atoms with E-state index < -0.39 is 0 Å². The van der Waals surface area contributed by atoms with Crippen molar-refractivity contribution >= 4 is 22.0 Å². The molecule has 0 aliphatic carbocycles. The van der Waals surface area contributed by atoms with Crippen LogP contribution in [0.1, 0.15) is 28.2 Å². The van der Waals surface area contributed by atoms with Crippen LogP contribution in [0.15, 0.2) is 83.3 Å². The van der Waals surface area contributed by atoms with Crippen molar-refractivity contribution in [3.8, 4) is 5.75 Å². The minimum absolute atomic E-state index is 0.253. The molecule has 0 saturated heterocycles. The van der Waals surface area contributed by atoms with Crippen LogP contribution in [0.25, 0.3) is 6.08 Å². The first kappa shape index (κ1) is 19.0. The molecule has 1 atom stereocenters. The molecular formula is C25H24BrNO. The van der Waals surface area contributed by atoms with Crippen molar-refractivity contribution in [1.82, 2.24) is 4.90 Å². The van der Waals surface area contributed by atoms with Gasteiger partial charge in [-0.2, -0.15) is 0 Å². The lowest BCUT2D eigenvalue weighted by Gasteiger charge is -2.24. The van der Waals surface area contributed by atoms with Crippen LogP contribution in [0, 0.1) is 0 Å². The molecule has 1 heterocycles. The van der Waals surface area contributed by atoms with Gasteiger partial charge in [0.15, 0.2) is 0 Å². The maximum atomic E-state index is 10.3. The van der Waals surface area contributed by atoms with Gasteiger partial charge in [-0.3, -0.25) is 4.90 Å². The van der Waals surface area contributed by atoms with Gasteiger partial charge in [0.05, 0.1) is 4.47 Å². The highest BCUT2D eigenvalue weighted by Gasteiger charge is 2.25. The first-order valence-corrected chi connectivity index (χ1v) is 10.5. The van der Waals surface area contributed by atoms with E-state index in [0.29, 0.717) is 5.75 Å². The first-order valence-electron chi connectivity index (χ1n) is 9.71. The lowest BCUT2D eigenvalue weighted by Crippen LogP contribution is -2.29. The second-order valence-electron chi connectivity index (χ2n) is 7.29. The van der Waals surface area contributed by atoms with Gasteiger partial charge in [-0.05, 0) is 56.7 Å². The highest BCUT2D eigenvalue weighted by Crippen LogP contribution is 2.37. The van der Waals surface area contributed by atoms with Crippen molar-refractivity contribution in [1.29, 1.82) is 0 Å². The molecule has 3 aromatic rings. The summed E-state index contributed by atoms with van der Waals surface area (Å²) in [7, 11) is 0. The van der Waals surface area contributed by atoms with Crippen molar-refractivity contribution in [3.05, 3.63) is 106 Å². The Bertz CT molecular complexity index is 953. The molecule has 0 radical (unpaired) electrons. The number of phenolic OH excluding ortho intramolecular Hbond substituents is 1. The fourth-order valence-electron chi connectivity index (χ4n) is 3.92. The van der Waals surface area contributed by atoms with Gasteiger partial charge in [-0.1, -0.05) is 72.8 Å². The zero-order valence-corrected chi connectivity index (χ0v) is 17.3. The topological polar surface area (TPSA) is 23.5 Å². The SMILES string of the molecule is Oc1cc2c(cc1Br)CCN(C/C=C/c1ccccc1)CC2c1ccccc1. The van der Waals surface area contributed by atoms with E-state index in [9.17, 15) is 5.11 Å². The van der Waals surface area contributed by atoms with Crippen molar-refractivity contribution in [3.63, 3.8) is 0 Å². The lowest BCUT2D eigenvalue weighted by molar-refractivity contribution is 0.306. The molecule has 1 unspecified atom stereocenters. The third kappa shape index (κ3) is 4.37. The van der Waals surface area contributed by atoms with E-state index in [1.54, 1.807) is 0 Å². The van der Waals surface area contributed by atoms with Gasteiger partial charge in [0, 0.05) is 25.6 Å². The van der Waals surface area contributed by atoms with Crippen molar-refractivity contribution in [2.24, 2.45) is 0 Å². The number of hydrogen-bond acceptors (Lipinski definition) is 2. The molecule has 0 saturated carbocycles. The number of nitrogens with zero attached hydrogens (tertiary/aromatic N) is 1. The Hall–Kier alpha value is -2.36. The summed E-state index contributed by atoms with van der Waals surface area (Å²) >= 11 is 3.48. The molecule has 3 heteroatoms. The minimum Gasteiger partial charge on any atom is -0.507 e. The summed E-state index contributed by atoms with van der Waals surface area (Å²) in [6.45, 7) is 2.86. The van der Waals surface area contributed by atoms with E-state index in [2.05, 4.69) is 93.6 Å². The van der Waals surface area contributed by atoms with Crippen LogP contribution in [0.5, 0.6) is 5.75 Å². The maximum absolute atomic E-state index is 10.3. The number of halogens is 1. The molecule has 2 nitrogen and oxygen atoms in total. The maximum Gasteiger partial charge on any atom is 0.130 e. The molecule has 0 fully saturated rings. The van der Waals surface area contributed by atoms with Crippen LogP contribution in [0.2, 0.25) is 0 Å². The zero-order chi connectivity index (χ0) is 19.3. The van der Waals surface area contributed by atoms with Crippen molar-refractivity contribution < 1.29 is 5.11 Å². The Labute approximate surface area is 175 Å². The second-order valence-corrected chi connectivity index (χ2v) is 8.14. The van der Waals surface area contributed by atoms with Crippen LogP contribution >= 0.6 is 15.9 Å². The summed E-state index contributed by atoms with van der Waals surface area (Å²) in [6, 6.07) is 25.1. The predicted molar refractivity (Wildman–Crippen MR) is 120 cm³/mol. The van der Waals surface area contributed by atoms with E-state index >= 15 is 0 Å². The van der Waals surface area contributed by atoms with Crippen LogP contribution in [0.4, 0.5) is 0 Å². The van der Waals surface area contributed by atoms with Crippen molar-refractivity contribution in [2.75, 3.05) is 19.6 Å². The fourth-order valence-corrected chi connectivity index (χ4v) is 4.32. The molecular weight excluding hydrogens is 410 g/mol. The monoisotopic (exact) mass is 433 g/mol. The molecule has 0 bridgehead atoms. The van der Waals surface area contributed by atoms with Crippen LogP contribution in [-0.4, -0.2) is 29.6 Å². The third-order valence-electron chi connectivity index (χ3n) is 5.40. The Morgan fingerprint density at radius 3 is 2.46 bits per heavy atom. The average molecular weight is 434 g/mol. The highest BCUT2D eigenvalue weighted by atomic mass is 79.9. The van der Waals surface area contributed by atoms with Gasteiger partial charge >= 0.3 is 0 Å². The fraction of sp³-hybridized carbons (Fsp3) is 0.200. The molecule has 1 aliphatic heterocycles. The Morgan fingerprint density at radius 1 is 1.00 bits per heavy atom. The standard InChI is InChI=1S/C25H24BrNO/c26-24-16-21-13-15-27(14-7-10-19-8-3-1-4-9-19)18-23(22(21)17-25(24)28)20-11-5-2-6-12-20/h1-12,16-17,23,28H,13-15,18H2/b10-7+. The summed E-state index contributed by atoms with van der Waals surface area (Å²) in [5.74, 6) is 0.569. The van der Waals surface area contributed by atoms with E-state index in [0.717, 1.165) is 30.5 Å². The largest absolute Gasteiger partial charge is 0.507 e.